The molecule has 0 spiro atoms. The van der Waals surface area contributed by atoms with E-state index in [-0.39, 0.29) is 17.2 Å². The molecule has 0 fully saturated rings. The van der Waals surface area contributed by atoms with Gasteiger partial charge in [-0.3, -0.25) is 20.4 Å². The Bertz CT molecular complexity index is 1400. The number of hydrogen-bond donors (Lipinski definition) is 3. The molecule has 0 bridgehead atoms. The van der Waals surface area contributed by atoms with Crippen LogP contribution in [0.5, 0.6) is 0 Å². The van der Waals surface area contributed by atoms with Gasteiger partial charge in [0.05, 0.1) is 11.1 Å². The fourth-order valence-corrected chi connectivity index (χ4v) is 3.60. The number of thiocarbonyl (C=S) groups is 1. The first-order chi connectivity index (χ1) is 15.9. The summed E-state index contributed by atoms with van der Waals surface area (Å²) in [6.07, 6.45) is 0. The van der Waals surface area contributed by atoms with Crippen LogP contribution < -0.4 is 21.7 Å². The molecule has 1 aromatic heterocycles. The number of fused-ring (bicyclic) bond motifs is 1. The largest absolute Gasteiger partial charge is 0.331 e. The third kappa shape index (κ3) is 5.07. The van der Waals surface area contributed by atoms with E-state index in [2.05, 4.69) is 21.3 Å². The van der Waals surface area contributed by atoms with Crippen LogP contribution in [0, 0.1) is 13.8 Å². The first-order valence-electron chi connectivity index (χ1n) is 10.4. The fourth-order valence-electron chi connectivity index (χ4n) is 3.43. The number of para-hydroxylation sites is 1. The zero-order valence-electron chi connectivity index (χ0n) is 18.3. The number of hydrogen-bond acceptors (Lipinski definition) is 4. The van der Waals surface area contributed by atoms with E-state index in [4.69, 9.17) is 12.2 Å². The van der Waals surface area contributed by atoms with Gasteiger partial charge < -0.3 is 5.32 Å². The summed E-state index contributed by atoms with van der Waals surface area (Å²) in [6, 6.07) is 22.6. The number of amides is 1. The van der Waals surface area contributed by atoms with Gasteiger partial charge in [-0.05, 0) is 61.5 Å². The molecule has 0 unspecified atom stereocenters. The minimum Gasteiger partial charge on any atom is -0.331 e. The highest BCUT2D eigenvalue weighted by Crippen LogP contribution is 2.26. The summed E-state index contributed by atoms with van der Waals surface area (Å²) < 4.78 is 1.18. The lowest BCUT2D eigenvalue weighted by Gasteiger charge is -2.14. The lowest BCUT2D eigenvalue weighted by atomic mass is 10.0. The molecule has 0 atom stereocenters. The van der Waals surface area contributed by atoms with Crippen LogP contribution in [-0.4, -0.2) is 20.8 Å². The second-order valence-electron chi connectivity index (χ2n) is 7.65. The van der Waals surface area contributed by atoms with Crippen LogP contribution >= 0.6 is 12.2 Å². The topological polar surface area (TPSA) is 88.1 Å². The monoisotopic (exact) mass is 457 g/mol. The molecule has 0 aliphatic carbocycles. The van der Waals surface area contributed by atoms with E-state index < -0.39 is 5.91 Å². The average molecular weight is 458 g/mol. The maximum atomic E-state index is 13.0. The quantitative estimate of drug-likeness (QED) is 0.320. The lowest BCUT2D eigenvalue weighted by molar-refractivity contribution is -0.122. The Hall–Kier alpha value is -4.04. The van der Waals surface area contributed by atoms with Crippen LogP contribution in [0.25, 0.3) is 22.0 Å². The Morgan fingerprint density at radius 3 is 2.33 bits per heavy atom. The first-order valence-corrected chi connectivity index (χ1v) is 10.8. The van der Waals surface area contributed by atoms with Crippen LogP contribution in [0.2, 0.25) is 0 Å². The number of aromatic nitrogens is 2. The number of carbonyl (C=O) groups excluding carboxylic acids is 1. The minimum absolute atomic E-state index is 0.226. The third-order valence-corrected chi connectivity index (χ3v) is 5.49. The standard InChI is InChI=1S/C25H23N5O2S/c1-16-12-13-18(14-17(16)2)23-20-10-6-7-11-21(20)24(32)30(29-23)15-22(31)27-28-25(33)26-19-8-4-3-5-9-19/h3-14H,15H2,1-2H3,(H,27,31)(H2,26,28,33). The van der Waals surface area contributed by atoms with E-state index in [9.17, 15) is 9.59 Å². The van der Waals surface area contributed by atoms with Crippen molar-refractivity contribution >= 4 is 39.7 Å². The van der Waals surface area contributed by atoms with E-state index in [0.29, 0.717) is 11.1 Å². The first kappa shape index (κ1) is 22.2. The Balaban J connectivity index is 1.56. The molecule has 8 heteroatoms. The van der Waals surface area contributed by atoms with Crippen molar-refractivity contribution in [3.8, 4) is 11.3 Å². The molecular formula is C25H23N5O2S. The van der Waals surface area contributed by atoms with Gasteiger partial charge >= 0.3 is 0 Å². The molecule has 0 aliphatic heterocycles. The summed E-state index contributed by atoms with van der Waals surface area (Å²) >= 11 is 5.19. The summed E-state index contributed by atoms with van der Waals surface area (Å²) in [4.78, 5) is 25.6. The molecular weight excluding hydrogens is 434 g/mol. The molecule has 3 aromatic carbocycles. The number of hydrazine groups is 1. The van der Waals surface area contributed by atoms with Crippen molar-refractivity contribution in [2.75, 3.05) is 5.32 Å². The summed E-state index contributed by atoms with van der Waals surface area (Å²) in [7, 11) is 0. The number of rotatable bonds is 4. The summed E-state index contributed by atoms with van der Waals surface area (Å²) in [5, 5.41) is 8.97. The van der Waals surface area contributed by atoms with Crippen molar-refractivity contribution in [3.63, 3.8) is 0 Å². The fraction of sp³-hybridized carbons (Fsp3) is 0.120. The Morgan fingerprint density at radius 1 is 0.909 bits per heavy atom. The molecule has 4 rings (SSSR count). The van der Waals surface area contributed by atoms with Gasteiger partial charge in [-0.15, -0.1) is 0 Å². The number of carbonyl (C=O) groups is 1. The number of nitrogens with one attached hydrogen (secondary N) is 3. The SMILES string of the molecule is Cc1ccc(-c2nn(CC(=O)NNC(=S)Nc3ccccc3)c(=O)c3ccccc23)cc1C. The van der Waals surface area contributed by atoms with Crippen molar-refractivity contribution in [1.29, 1.82) is 0 Å². The molecule has 1 amide bonds. The Kier molecular flexibility index (Phi) is 6.46. The van der Waals surface area contributed by atoms with Crippen molar-refractivity contribution in [3.05, 3.63) is 94.3 Å². The maximum Gasteiger partial charge on any atom is 0.275 e. The van der Waals surface area contributed by atoms with Crippen LogP contribution in [0.4, 0.5) is 5.69 Å². The van der Waals surface area contributed by atoms with Gasteiger partial charge in [0.1, 0.15) is 6.54 Å². The van der Waals surface area contributed by atoms with Gasteiger partial charge in [-0.25, -0.2) is 4.68 Å². The second kappa shape index (κ2) is 9.62. The minimum atomic E-state index is -0.455. The van der Waals surface area contributed by atoms with E-state index in [0.717, 1.165) is 22.2 Å². The molecule has 166 valence electrons. The number of benzene rings is 3. The molecule has 3 N–H and O–H groups in total. The summed E-state index contributed by atoms with van der Waals surface area (Å²) in [6.45, 7) is 3.81. The Labute approximate surface area is 196 Å². The second-order valence-corrected chi connectivity index (χ2v) is 8.06. The lowest BCUT2D eigenvalue weighted by Crippen LogP contribution is -2.46. The highest BCUT2D eigenvalue weighted by molar-refractivity contribution is 7.80. The van der Waals surface area contributed by atoms with Crippen molar-refractivity contribution < 1.29 is 4.79 Å². The molecule has 0 radical (unpaired) electrons. The van der Waals surface area contributed by atoms with Gasteiger partial charge in [0.25, 0.3) is 11.5 Å². The van der Waals surface area contributed by atoms with Crippen LogP contribution in [0.1, 0.15) is 11.1 Å². The summed E-state index contributed by atoms with van der Waals surface area (Å²) in [5.41, 5.74) is 9.43. The average Bonchev–Trinajstić information content (AvgIpc) is 2.82. The van der Waals surface area contributed by atoms with Gasteiger partial charge in [-0.2, -0.15) is 5.10 Å². The maximum absolute atomic E-state index is 13.0. The van der Waals surface area contributed by atoms with E-state index in [1.54, 1.807) is 12.1 Å². The van der Waals surface area contributed by atoms with Crippen molar-refractivity contribution in [2.24, 2.45) is 0 Å². The Morgan fingerprint density at radius 2 is 1.61 bits per heavy atom. The van der Waals surface area contributed by atoms with Crippen molar-refractivity contribution in [1.82, 2.24) is 20.6 Å². The molecule has 7 nitrogen and oxygen atoms in total. The van der Waals surface area contributed by atoms with E-state index in [1.807, 2.05) is 74.5 Å². The van der Waals surface area contributed by atoms with Gasteiger partial charge in [-0.1, -0.05) is 48.5 Å². The molecule has 0 saturated carbocycles. The van der Waals surface area contributed by atoms with Crippen LogP contribution in [0.15, 0.2) is 77.6 Å². The predicted octanol–water partition coefficient (Wildman–Crippen LogP) is 3.70. The van der Waals surface area contributed by atoms with Gasteiger partial charge in [0, 0.05) is 16.6 Å². The molecule has 0 aliphatic rings. The van der Waals surface area contributed by atoms with Gasteiger partial charge in [0.15, 0.2) is 5.11 Å². The summed E-state index contributed by atoms with van der Waals surface area (Å²) in [5.74, 6) is -0.455. The molecule has 1 heterocycles. The normalized spacial score (nSPS) is 10.6. The number of aryl methyl sites for hydroxylation is 2. The van der Waals surface area contributed by atoms with Crippen LogP contribution in [-0.2, 0) is 11.3 Å². The van der Waals surface area contributed by atoms with E-state index in [1.165, 1.54) is 10.2 Å². The third-order valence-electron chi connectivity index (χ3n) is 5.29. The number of anilines is 1. The highest BCUT2D eigenvalue weighted by atomic mass is 32.1. The highest BCUT2D eigenvalue weighted by Gasteiger charge is 2.15. The predicted molar refractivity (Wildman–Crippen MR) is 135 cm³/mol. The number of nitrogens with zero attached hydrogens (tertiary/aromatic N) is 2. The van der Waals surface area contributed by atoms with Crippen molar-refractivity contribution in [2.45, 2.75) is 20.4 Å². The molecule has 0 saturated heterocycles. The van der Waals surface area contributed by atoms with E-state index >= 15 is 0 Å². The van der Waals surface area contributed by atoms with Crippen LogP contribution in [0.3, 0.4) is 0 Å². The molecule has 4 aromatic rings. The molecule has 33 heavy (non-hydrogen) atoms. The van der Waals surface area contributed by atoms with Gasteiger partial charge in [0.2, 0.25) is 0 Å². The zero-order chi connectivity index (χ0) is 23.4. The smallest absolute Gasteiger partial charge is 0.275 e. The zero-order valence-corrected chi connectivity index (χ0v) is 19.1.